The summed E-state index contributed by atoms with van der Waals surface area (Å²) in [7, 11) is 0. The van der Waals surface area contributed by atoms with Crippen LogP contribution in [0.5, 0.6) is 28.7 Å². The predicted molar refractivity (Wildman–Crippen MR) is 220 cm³/mol. The number of nitrogens with one attached hydrogen (secondary N) is 2. The van der Waals surface area contributed by atoms with Crippen LogP contribution in [0.25, 0.3) is 0 Å². The maximum Gasteiger partial charge on any atom is 0.316 e. The van der Waals surface area contributed by atoms with Crippen LogP contribution < -0.4 is 27.3 Å². The minimum atomic E-state index is -2.01. The lowest BCUT2D eigenvalue weighted by molar-refractivity contribution is 0.304. The van der Waals surface area contributed by atoms with E-state index in [1.54, 1.807) is 48.5 Å². The molecule has 0 aliphatic heterocycles. The lowest BCUT2D eigenvalue weighted by Gasteiger charge is -2.12. The van der Waals surface area contributed by atoms with E-state index in [1.807, 2.05) is 0 Å². The molecule has 3 N–H and O–H groups in total. The van der Waals surface area contributed by atoms with Gasteiger partial charge in [-0.15, -0.1) is 0 Å². The quantitative estimate of drug-likeness (QED) is 0.0329. The molecule has 0 aliphatic carbocycles. The number of benzene rings is 3. The summed E-state index contributed by atoms with van der Waals surface area (Å²) < 4.78 is 53.5. The molecule has 296 valence electrons. The van der Waals surface area contributed by atoms with Gasteiger partial charge >= 0.3 is 22.5 Å². The molecule has 3 rings (SSSR count). The van der Waals surface area contributed by atoms with Gasteiger partial charge in [0.05, 0.1) is 24.6 Å². The molecule has 0 amide bonds. The molecule has 2 unspecified atom stereocenters. The first-order valence-electron chi connectivity index (χ1n) is 20.0. The van der Waals surface area contributed by atoms with Crippen molar-refractivity contribution in [3.05, 3.63) is 66.7 Å². The van der Waals surface area contributed by atoms with Crippen LogP contribution in [-0.2, 0) is 22.5 Å². The molecule has 53 heavy (non-hydrogen) atoms. The Morgan fingerprint density at radius 2 is 0.830 bits per heavy atom. The lowest BCUT2D eigenvalue weighted by Crippen LogP contribution is -2.13. The fourth-order valence-corrected chi connectivity index (χ4v) is 7.14. The zero-order valence-electron chi connectivity index (χ0n) is 32.1. The number of anilines is 2. The number of phenols is 1. The van der Waals surface area contributed by atoms with Crippen molar-refractivity contribution >= 4 is 33.9 Å². The summed E-state index contributed by atoms with van der Waals surface area (Å²) >= 11 is -3.94. The number of hydrogen-bond donors (Lipinski definition) is 3. The van der Waals surface area contributed by atoms with Gasteiger partial charge in [-0.2, -0.15) is 8.42 Å². The molecule has 11 heteroatoms. The lowest BCUT2D eigenvalue weighted by atomic mass is 10.1. The van der Waals surface area contributed by atoms with Crippen molar-refractivity contribution in [2.24, 2.45) is 0 Å². The molecular formula is C42H64N2O7S2. The molecule has 0 heterocycles. The summed E-state index contributed by atoms with van der Waals surface area (Å²) in [4.78, 5) is 0. The smallest absolute Gasteiger partial charge is 0.316 e. The Hall–Kier alpha value is -3.44. The number of unbranched alkanes of at least 4 members (excludes halogenated alkanes) is 18. The SMILES string of the molecule is CCCCCCCCCCCCOc1ccc(OS(=O)Nc2ccc(O)c(NS(=O)Oc3ccc(OCCCCCCCCCCCC)cc3)c2)cc1. The summed E-state index contributed by atoms with van der Waals surface area (Å²) in [6.45, 7) is 5.82. The topological polar surface area (TPSA) is 115 Å². The van der Waals surface area contributed by atoms with Crippen LogP contribution in [0.1, 0.15) is 142 Å². The first kappa shape index (κ1) is 44.0. The zero-order valence-corrected chi connectivity index (χ0v) is 33.8. The van der Waals surface area contributed by atoms with Gasteiger partial charge in [-0.1, -0.05) is 129 Å². The van der Waals surface area contributed by atoms with Crippen LogP contribution >= 0.6 is 0 Å². The van der Waals surface area contributed by atoms with E-state index in [4.69, 9.17) is 17.8 Å². The van der Waals surface area contributed by atoms with Crippen LogP contribution in [0.2, 0.25) is 0 Å². The molecule has 0 bridgehead atoms. The van der Waals surface area contributed by atoms with Gasteiger partial charge in [-0.3, -0.25) is 9.44 Å². The third-order valence-corrected chi connectivity index (χ3v) is 10.4. The summed E-state index contributed by atoms with van der Waals surface area (Å²) in [5.74, 6) is 2.09. The van der Waals surface area contributed by atoms with Crippen molar-refractivity contribution in [1.82, 2.24) is 0 Å². The largest absolute Gasteiger partial charge is 0.506 e. The molecule has 0 spiro atoms. The van der Waals surface area contributed by atoms with Crippen molar-refractivity contribution in [2.45, 2.75) is 142 Å². The molecule has 3 aromatic carbocycles. The average Bonchev–Trinajstić information content (AvgIpc) is 3.15. The molecule has 0 aromatic heterocycles. The van der Waals surface area contributed by atoms with E-state index in [0.29, 0.717) is 30.4 Å². The van der Waals surface area contributed by atoms with Crippen LogP contribution in [0.15, 0.2) is 66.7 Å². The van der Waals surface area contributed by atoms with Gasteiger partial charge in [-0.25, -0.2) is 0 Å². The van der Waals surface area contributed by atoms with E-state index in [9.17, 15) is 13.5 Å². The van der Waals surface area contributed by atoms with Gasteiger partial charge in [0.1, 0.15) is 28.7 Å². The first-order valence-corrected chi connectivity index (χ1v) is 22.1. The molecule has 0 fully saturated rings. The minimum absolute atomic E-state index is 0.130. The number of hydrogen-bond acceptors (Lipinski definition) is 7. The molecule has 9 nitrogen and oxygen atoms in total. The van der Waals surface area contributed by atoms with Gasteiger partial charge in [0.15, 0.2) is 0 Å². The molecule has 3 aromatic rings. The minimum Gasteiger partial charge on any atom is -0.506 e. The third kappa shape index (κ3) is 20.6. The number of aromatic hydroxyl groups is 1. The molecular weight excluding hydrogens is 709 g/mol. The van der Waals surface area contributed by atoms with Crippen LogP contribution in [0.3, 0.4) is 0 Å². The Balaban J connectivity index is 1.30. The molecule has 0 aliphatic rings. The van der Waals surface area contributed by atoms with Crippen LogP contribution in [0.4, 0.5) is 11.4 Å². The highest BCUT2D eigenvalue weighted by atomic mass is 32.2. The van der Waals surface area contributed by atoms with Crippen molar-refractivity contribution in [1.29, 1.82) is 0 Å². The van der Waals surface area contributed by atoms with Gasteiger partial charge in [0.25, 0.3) is 0 Å². The van der Waals surface area contributed by atoms with E-state index in [1.165, 1.54) is 127 Å². The highest BCUT2D eigenvalue weighted by molar-refractivity contribution is 7.82. The summed E-state index contributed by atoms with van der Waals surface area (Å²) in [6, 6.07) is 18.3. The second-order valence-electron chi connectivity index (χ2n) is 13.6. The van der Waals surface area contributed by atoms with E-state index in [0.717, 1.165) is 30.8 Å². The van der Waals surface area contributed by atoms with Crippen molar-refractivity contribution in [2.75, 3.05) is 22.7 Å². The van der Waals surface area contributed by atoms with E-state index in [2.05, 4.69) is 23.3 Å². The highest BCUT2D eigenvalue weighted by Gasteiger charge is 2.11. The molecule has 0 radical (unpaired) electrons. The van der Waals surface area contributed by atoms with E-state index < -0.39 is 22.5 Å². The van der Waals surface area contributed by atoms with Gasteiger partial charge in [0, 0.05) is 0 Å². The van der Waals surface area contributed by atoms with Crippen LogP contribution in [0, 0.1) is 0 Å². The second kappa shape index (κ2) is 28.1. The number of phenolic OH excluding ortho intramolecular Hbond substituents is 1. The average molecular weight is 773 g/mol. The highest BCUT2D eigenvalue weighted by Crippen LogP contribution is 2.29. The Morgan fingerprint density at radius 1 is 0.472 bits per heavy atom. The number of rotatable bonds is 32. The van der Waals surface area contributed by atoms with Crippen molar-refractivity contribution < 1.29 is 31.4 Å². The maximum absolute atomic E-state index is 12.7. The summed E-state index contributed by atoms with van der Waals surface area (Å²) in [5.41, 5.74) is 0.506. The Morgan fingerprint density at radius 3 is 1.25 bits per heavy atom. The van der Waals surface area contributed by atoms with Gasteiger partial charge in [-0.05, 0) is 79.6 Å². The van der Waals surface area contributed by atoms with Gasteiger partial charge in [0.2, 0.25) is 0 Å². The first-order chi connectivity index (χ1) is 26.0. The second-order valence-corrected chi connectivity index (χ2v) is 15.3. The molecule has 0 saturated carbocycles. The Labute approximate surface area is 324 Å². The van der Waals surface area contributed by atoms with E-state index >= 15 is 0 Å². The van der Waals surface area contributed by atoms with E-state index in [-0.39, 0.29) is 11.4 Å². The van der Waals surface area contributed by atoms with Crippen molar-refractivity contribution in [3.8, 4) is 28.7 Å². The van der Waals surface area contributed by atoms with Crippen molar-refractivity contribution in [3.63, 3.8) is 0 Å². The third-order valence-electron chi connectivity index (χ3n) is 8.92. The fourth-order valence-electron chi connectivity index (χ4n) is 5.83. The fraction of sp³-hybridized carbons (Fsp3) is 0.571. The standard InChI is InChI=1S/C42H64N2O7S2/c1-3-5-7-9-11-13-15-17-19-21-33-48-37-24-28-39(29-25-37)50-52(46)43-36-23-32-42(45)41(35-36)44-53(47)51-40-30-26-38(27-31-40)49-34-22-20-18-16-14-12-10-8-6-4-2/h23-32,35,43-45H,3-22,33-34H2,1-2H3. The monoisotopic (exact) mass is 772 g/mol. The van der Waals surface area contributed by atoms with Crippen LogP contribution in [-0.4, -0.2) is 26.7 Å². The maximum atomic E-state index is 12.7. The predicted octanol–water partition coefficient (Wildman–Crippen LogP) is 12.1. The van der Waals surface area contributed by atoms with Gasteiger partial charge < -0.3 is 22.9 Å². The molecule has 2 atom stereocenters. The Bertz CT molecular complexity index is 1420. The summed E-state index contributed by atoms with van der Waals surface area (Å²) in [6.07, 6.45) is 25.5. The number of ether oxygens (including phenoxy) is 2. The molecule has 0 saturated heterocycles. The Kier molecular flexibility index (Phi) is 23.3. The zero-order chi connectivity index (χ0) is 37.8. The normalized spacial score (nSPS) is 12.2. The summed E-state index contributed by atoms with van der Waals surface area (Å²) in [5, 5.41) is 10.3.